The van der Waals surface area contributed by atoms with E-state index < -0.39 is 11.7 Å². The molecule has 4 heterocycles. The Kier molecular flexibility index (Phi) is 7.43. The van der Waals surface area contributed by atoms with E-state index in [4.69, 9.17) is 15.2 Å². The quantitative estimate of drug-likeness (QED) is 0.327. The maximum absolute atomic E-state index is 14.0. The van der Waals surface area contributed by atoms with Gasteiger partial charge in [-0.1, -0.05) is 24.3 Å². The molecule has 3 aromatic heterocycles. The van der Waals surface area contributed by atoms with Gasteiger partial charge in [-0.25, -0.2) is 18.2 Å². The van der Waals surface area contributed by atoms with Crippen LogP contribution in [0, 0.1) is 5.82 Å². The van der Waals surface area contributed by atoms with Crippen molar-refractivity contribution in [3.63, 3.8) is 0 Å². The Morgan fingerprint density at radius 1 is 0.974 bits per heavy atom. The molecule has 1 saturated heterocycles. The van der Waals surface area contributed by atoms with Crippen molar-refractivity contribution in [1.29, 1.82) is 0 Å². The second-order valence-corrected chi connectivity index (χ2v) is 9.27. The van der Waals surface area contributed by atoms with Crippen LogP contribution in [0.4, 0.5) is 19.0 Å². The predicted molar refractivity (Wildman–Crippen MR) is 135 cm³/mol. The standard InChI is InChI=1S/C26H28F3N7O2/c1-37-10-11-38-25-33-22(30)21-24(34-25)36(23(32-21)19-12-20(27)14-31-13-19)16-18-4-2-17(3-5-18)15-35-8-6-26(28,29)7-9-35/h2-5,12-14H,6-11,15-16H2,1H3,(H2,30,33,34). The lowest BCUT2D eigenvalue weighted by atomic mass is 10.1. The number of rotatable bonds is 9. The van der Waals surface area contributed by atoms with Crippen molar-refractivity contribution in [2.45, 2.75) is 31.9 Å². The molecule has 200 valence electrons. The first-order valence-electron chi connectivity index (χ1n) is 12.3. The highest BCUT2D eigenvalue weighted by atomic mass is 19.3. The molecule has 1 fully saturated rings. The first-order chi connectivity index (χ1) is 18.3. The zero-order chi connectivity index (χ0) is 26.7. The van der Waals surface area contributed by atoms with Gasteiger partial charge < -0.3 is 19.8 Å². The Hall–Kier alpha value is -3.77. The van der Waals surface area contributed by atoms with Crippen molar-refractivity contribution in [2.24, 2.45) is 0 Å². The third-order valence-electron chi connectivity index (χ3n) is 6.44. The molecule has 0 amide bonds. The molecule has 2 N–H and O–H groups in total. The number of imidazole rings is 1. The first-order valence-corrected chi connectivity index (χ1v) is 12.3. The van der Waals surface area contributed by atoms with Crippen molar-refractivity contribution in [3.8, 4) is 17.4 Å². The van der Waals surface area contributed by atoms with Crippen LogP contribution in [0.25, 0.3) is 22.6 Å². The number of nitrogens with zero attached hydrogens (tertiary/aromatic N) is 6. The number of pyridine rings is 1. The number of hydrogen-bond acceptors (Lipinski definition) is 8. The topological polar surface area (TPSA) is 104 Å². The maximum atomic E-state index is 14.0. The normalized spacial score (nSPS) is 15.7. The summed E-state index contributed by atoms with van der Waals surface area (Å²) in [4.78, 5) is 19.3. The number of benzene rings is 1. The predicted octanol–water partition coefficient (Wildman–Crippen LogP) is 3.91. The molecule has 0 bridgehead atoms. The van der Waals surface area contributed by atoms with Crippen molar-refractivity contribution < 1.29 is 22.6 Å². The van der Waals surface area contributed by atoms with Gasteiger partial charge in [-0.05, 0) is 17.2 Å². The smallest absolute Gasteiger partial charge is 0.320 e. The third-order valence-corrected chi connectivity index (χ3v) is 6.44. The van der Waals surface area contributed by atoms with Gasteiger partial charge in [0, 0.05) is 51.3 Å². The Morgan fingerprint density at radius 3 is 2.37 bits per heavy atom. The van der Waals surface area contributed by atoms with Crippen LogP contribution in [-0.4, -0.2) is 68.7 Å². The fourth-order valence-electron chi connectivity index (χ4n) is 4.42. The van der Waals surface area contributed by atoms with Crippen LogP contribution in [0.3, 0.4) is 0 Å². The molecular formula is C26H28F3N7O2. The number of piperidine rings is 1. The van der Waals surface area contributed by atoms with Crippen molar-refractivity contribution in [1.82, 2.24) is 29.4 Å². The van der Waals surface area contributed by atoms with Crippen LogP contribution in [0.15, 0.2) is 42.7 Å². The lowest BCUT2D eigenvalue weighted by Gasteiger charge is -2.31. The highest BCUT2D eigenvalue weighted by Crippen LogP contribution is 2.30. The van der Waals surface area contributed by atoms with Crippen LogP contribution in [0.5, 0.6) is 6.01 Å². The number of hydrogen-bond donors (Lipinski definition) is 1. The summed E-state index contributed by atoms with van der Waals surface area (Å²) in [6.07, 6.45) is 2.41. The number of fused-ring (bicyclic) bond motifs is 1. The van der Waals surface area contributed by atoms with Gasteiger partial charge in [0.2, 0.25) is 0 Å². The van der Waals surface area contributed by atoms with Crippen molar-refractivity contribution >= 4 is 17.0 Å². The molecule has 5 rings (SSSR count). The molecule has 0 unspecified atom stereocenters. The van der Waals surface area contributed by atoms with Crippen molar-refractivity contribution in [3.05, 3.63) is 59.7 Å². The number of nitrogens with two attached hydrogens (primary N) is 1. The summed E-state index contributed by atoms with van der Waals surface area (Å²) in [5.74, 6) is -2.50. The average molecular weight is 528 g/mol. The largest absolute Gasteiger partial charge is 0.461 e. The third kappa shape index (κ3) is 5.86. The molecule has 1 aliphatic heterocycles. The summed E-state index contributed by atoms with van der Waals surface area (Å²) in [5.41, 5.74) is 9.41. The number of nitrogen functional groups attached to an aromatic ring is 1. The Morgan fingerprint density at radius 2 is 1.68 bits per heavy atom. The lowest BCUT2D eigenvalue weighted by Crippen LogP contribution is -2.38. The van der Waals surface area contributed by atoms with Crippen LogP contribution in [-0.2, 0) is 17.8 Å². The highest BCUT2D eigenvalue weighted by Gasteiger charge is 2.33. The minimum atomic E-state index is -2.57. The summed E-state index contributed by atoms with van der Waals surface area (Å²) in [5, 5.41) is 0. The van der Waals surface area contributed by atoms with E-state index in [-0.39, 0.29) is 31.3 Å². The molecule has 0 spiro atoms. The number of likely N-dealkylation sites (tertiary alicyclic amines) is 1. The molecule has 38 heavy (non-hydrogen) atoms. The monoisotopic (exact) mass is 527 g/mol. The van der Waals surface area contributed by atoms with E-state index in [9.17, 15) is 13.2 Å². The molecule has 12 heteroatoms. The number of anilines is 1. The zero-order valence-corrected chi connectivity index (χ0v) is 20.9. The first kappa shape index (κ1) is 25.9. The fourth-order valence-corrected chi connectivity index (χ4v) is 4.42. The maximum Gasteiger partial charge on any atom is 0.320 e. The van der Waals surface area contributed by atoms with E-state index in [1.165, 1.54) is 12.3 Å². The van der Waals surface area contributed by atoms with Crippen LogP contribution in [0.1, 0.15) is 24.0 Å². The van der Waals surface area contributed by atoms with Gasteiger partial charge in [-0.2, -0.15) is 9.97 Å². The zero-order valence-electron chi connectivity index (χ0n) is 20.9. The van der Waals surface area contributed by atoms with Crippen LogP contribution < -0.4 is 10.5 Å². The summed E-state index contributed by atoms with van der Waals surface area (Å²) in [7, 11) is 1.56. The number of methoxy groups -OCH3 is 1. The minimum absolute atomic E-state index is 0.0829. The van der Waals surface area contributed by atoms with Gasteiger partial charge in [0.25, 0.3) is 5.92 Å². The van der Waals surface area contributed by atoms with Gasteiger partial charge in [-0.15, -0.1) is 0 Å². The van der Waals surface area contributed by atoms with E-state index in [1.54, 1.807) is 7.11 Å². The summed E-state index contributed by atoms with van der Waals surface area (Å²) in [6, 6.07) is 9.32. The van der Waals surface area contributed by atoms with Crippen LogP contribution in [0.2, 0.25) is 0 Å². The summed E-state index contributed by atoms with van der Waals surface area (Å²) in [6.45, 7) is 2.30. The second-order valence-electron chi connectivity index (χ2n) is 9.27. The van der Waals surface area contributed by atoms with Gasteiger partial charge in [-0.3, -0.25) is 9.88 Å². The molecule has 9 nitrogen and oxygen atoms in total. The van der Waals surface area contributed by atoms with E-state index >= 15 is 0 Å². The summed E-state index contributed by atoms with van der Waals surface area (Å²) >= 11 is 0. The number of alkyl halides is 2. The molecule has 1 aliphatic rings. The van der Waals surface area contributed by atoms with Crippen LogP contribution >= 0.6 is 0 Å². The Labute approximate surface area is 217 Å². The van der Waals surface area contributed by atoms with E-state index in [1.807, 2.05) is 33.7 Å². The van der Waals surface area contributed by atoms with E-state index in [0.717, 1.165) is 17.3 Å². The molecule has 0 radical (unpaired) electrons. The number of aromatic nitrogens is 5. The Balaban J connectivity index is 1.44. The Bertz CT molecular complexity index is 1400. The van der Waals surface area contributed by atoms with Crippen molar-refractivity contribution in [2.75, 3.05) is 39.1 Å². The average Bonchev–Trinajstić information content (AvgIpc) is 3.25. The second kappa shape index (κ2) is 10.9. The molecule has 0 saturated carbocycles. The molecular weight excluding hydrogens is 499 g/mol. The van der Waals surface area contributed by atoms with Gasteiger partial charge in [0.1, 0.15) is 18.2 Å². The molecule has 0 atom stereocenters. The van der Waals surface area contributed by atoms with Gasteiger partial charge in [0.15, 0.2) is 17.0 Å². The summed E-state index contributed by atoms with van der Waals surface area (Å²) < 4.78 is 53.4. The minimum Gasteiger partial charge on any atom is -0.461 e. The molecule has 4 aromatic rings. The van der Waals surface area contributed by atoms with E-state index in [2.05, 4.69) is 19.9 Å². The fraction of sp³-hybridized carbons (Fsp3) is 0.385. The van der Waals surface area contributed by atoms with Gasteiger partial charge in [0.05, 0.1) is 19.3 Å². The SMILES string of the molecule is COCCOc1nc(N)c2nc(-c3cncc(F)c3)n(Cc3ccc(CN4CCC(F)(F)CC4)cc3)c2n1. The van der Waals surface area contributed by atoms with E-state index in [0.29, 0.717) is 55.3 Å². The number of halogens is 3. The molecule has 0 aliphatic carbocycles. The molecule has 1 aromatic carbocycles. The lowest BCUT2D eigenvalue weighted by molar-refractivity contribution is -0.0566. The van der Waals surface area contributed by atoms with Gasteiger partial charge >= 0.3 is 6.01 Å². The highest BCUT2D eigenvalue weighted by molar-refractivity contribution is 5.85. The number of ether oxygens (including phenoxy) is 2.